The summed E-state index contributed by atoms with van der Waals surface area (Å²) in [5.41, 5.74) is 0.654. The van der Waals surface area contributed by atoms with Crippen molar-refractivity contribution in [2.24, 2.45) is 0 Å². The van der Waals surface area contributed by atoms with E-state index in [0.29, 0.717) is 18.5 Å². The van der Waals surface area contributed by atoms with Crippen LogP contribution in [0.4, 0.5) is 17.6 Å². The summed E-state index contributed by atoms with van der Waals surface area (Å²) in [6.45, 7) is 1.22. The molecular weight excluding hydrogens is 310 g/mol. The second-order valence-electron chi connectivity index (χ2n) is 4.73. The van der Waals surface area contributed by atoms with Crippen molar-refractivity contribution in [2.75, 3.05) is 19.8 Å². The van der Waals surface area contributed by atoms with Gasteiger partial charge >= 0.3 is 6.18 Å². The molecule has 120 valence electrons. The van der Waals surface area contributed by atoms with Gasteiger partial charge in [-0.1, -0.05) is 24.6 Å². The molecule has 1 atom stereocenters. The molecule has 1 N–H and O–H groups in total. The van der Waals surface area contributed by atoms with E-state index in [1.54, 1.807) is 6.07 Å². The summed E-state index contributed by atoms with van der Waals surface area (Å²) in [5, 5.41) is 3.11. The molecule has 0 aliphatic heterocycles. The van der Waals surface area contributed by atoms with Gasteiger partial charge < -0.3 is 10.1 Å². The Balaban J connectivity index is 2.57. The average molecular weight is 328 g/mol. The quantitative estimate of drug-likeness (QED) is 0.730. The predicted octanol–water partition coefficient (Wildman–Crippen LogP) is 3.97. The van der Waals surface area contributed by atoms with Gasteiger partial charge in [0.25, 0.3) is 0 Å². The van der Waals surface area contributed by atoms with Gasteiger partial charge in [0.1, 0.15) is 12.4 Å². The number of hydrogen-bond acceptors (Lipinski definition) is 2. The summed E-state index contributed by atoms with van der Waals surface area (Å²) in [5.74, 6) is -0.542. The van der Waals surface area contributed by atoms with Crippen molar-refractivity contribution < 1.29 is 22.3 Å². The molecule has 0 aromatic heterocycles. The van der Waals surface area contributed by atoms with Gasteiger partial charge in [0.15, 0.2) is 0 Å². The molecule has 0 aliphatic rings. The molecule has 0 saturated carbocycles. The van der Waals surface area contributed by atoms with Crippen LogP contribution < -0.4 is 5.32 Å². The largest absolute Gasteiger partial charge is 0.411 e. The van der Waals surface area contributed by atoms with Crippen LogP contribution in [0.1, 0.15) is 18.9 Å². The van der Waals surface area contributed by atoms with Crippen molar-refractivity contribution in [1.29, 1.82) is 0 Å². The van der Waals surface area contributed by atoms with E-state index in [-0.39, 0.29) is 17.7 Å². The number of halogens is 5. The number of hydrogen-bond donors (Lipinski definition) is 1. The van der Waals surface area contributed by atoms with E-state index in [4.69, 9.17) is 11.6 Å². The van der Waals surface area contributed by atoms with Crippen molar-refractivity contribution in [3.05, 3.63) is 34.6 Å². The van der Waals surface area contributed by atoms with Crippen LogP contribution in [0.25, 0.3) is 0 Å². The van der Waals surface area contributed by atoms with E-state index >= 15 is 0 Å². The zero-order valence-electron chi connectivity index (χ0n) is 11.6. The minimum absolute atomic E-state index is 0.0186. The second kappa shape index (κ2) is 8.56. The Morgan fingerprint density at radius 2 is 2.05 bits per heavy atom. The third kappa shape index (κ3) is 7.64. The molecule has 2 nitrogen and oxygen atoms in total. The lowest BCUT2D eigenvalue weighted by molar-refractivity contribution is -0.175. The molecule has 0 fully saturated rings. The van der Waals surface area contributed by atoms with Crippen LogP contribution in [0.15, 0.2) is 18.2 Å². The van der Waals surface area contributed by atoms with Gasteiger partial charge in [0.05, 0.1) is 11.6 Å². The Bertz CT molecular complexity index is 439. The highest BCUT2D eigenvalue weighted by molar-refractivity contribution is 6.30. The standard InChI is InChI=1S/C14H18ClF4NO/c1-2-5-20-11(8-21-9-14(17,18)19)6-10-3-4-12(15)13(16)7-10/h3-4,7,11,20H,2,5-6,8-9H2,1H3. The van der Waals surface area contributed by atoms with Crippen LogP contribution in [-0.2, 0) is 11.2 Å². The van der Waals surface area contributed by atoms with Crippen LogP contribution in [-0.4, -0.2) is 32.0 Å². The highest BCUT2D eigenvalue weighted by Crippen LogP contribution is 2.17. The smallest absolute Gasteiger partial charge is 0.370 e. The van der Waals surface area contributed by atoms with Gasteiger partial charge in [-0.05, 0) is 37.1 Å². The molecule has 0 radical (unpaired) electrons. The maximum absolute atomic E-state index is 13.4. The molecule has 0 aliphatic carbocycles. The van der Waals surface area contributed by atoms with Gasteiger partial charge in [-0.15, -0.1) is 0 Å². The monoisotopic (exact) mass is 327 g/mol. The number of alkyl halides is 3. The molecule has 1 aromatic carbocycles. The first-order valence-electron chi connectivity index (χ1n) is 6.63. The molecule has 1 rings (SSSR count). The van der Waals surface area contributed by atoms with Gasteiger partial charge in [0.2, 0.25) is 0 Å². The van der Waals surface area contributed by atoms with E-state index in [9.17, 15) is 17.6 Å². The Morgan fingerprint density at radius 1 is 1.33 bits per heavy atom. The first-order valence-corrected chi connectivity index (χ1v) is 7.01. The molecule has 1 unspecified atom stereocenters. The first-order chi connectivity index (χ1) is 9.81. The minimum atomic E-state index is -4.35. The fourth-order valence-corrected chi connectivity index (χ4v) is 1.92. The van der Waals surface area contributed by atoms with Crippen molar-refractivity contribution in [1.82, 2.24) is 5.32 Å². The molecule has 7 heteroatoms. The van der Waals surface area contributed by atoms with Crippen LogP contribution in [0, 0.1) is 5.82 Å². The summed E-state index contributed by atoms with van der Waals surface area (Å²) >= 11 is 5.59. The highest BCUT2D eigenvalue weighted by Gasteiger charge is 2.27. The maximum atomic E-state index is 13.4. The summed E-state index contributed by atoms with van der Waals surface area (Å²) < 4.78 is 54.3. The SMILES string of the molecule is CCCNC(COCC(F)(F)F)Cc1ccc(Cl)c(F)c1. The van der Waals surface area contributed by atoms with Crippen LogP contribution in [0.5, 0.6) is 0 Å². The highest BCUT2D eigenvalue weighted by atomic mass is 35.5. The molecule has 21 heavy (non-hydrogen) atoms. The molecule has 0 spiro atoms. The average Bonchev–Trinajstić information content (AvgIpc) is 2.38. The third-order valence-corrected chi connectivity index (χ3v) is 3.04. The fraction of sp³-hybridized carbons (Fsp3) is 0.571. The second-order valence-corrected chi connectivity index (χ2v) is 5.14. The lowest BCUT2D eigenvalue weighted by Gasteiger charge is -2.19. The molecule has 0 saturated heterocycles. The molecular formula is C14H18ClF4NO. The predicted molar refractivity (Wildman–Crippen MR) is 74.1 cm³/mol. The van der Waals surface area contributed by atoms with Gasteiger partial charge in [0, 0.05) is 6.04 Å². The summed E-state index contributed by atoms with van der Waals surface area (Å²) in [4.78, 5) is 0. The van der Waals surface area contributed by atoms with E-state index in [1.807, 2.05) is 6.92 Å². The van der Waals surface area contributed by atoms with E-state index < -0.39 is 18.6 Å². The Morgan fingerprint density at radius 3 is 2.62 bits per heavy atom. The van der Waals surface area contributed by atoms with Crippen molar-refractivity contribution >= 4 is 11.6 Å². The fourth-order valence-electron chi connectivity index (χ4n) is 1.81. The summed E-state index contributed by atoms with van der Waals surface area (Å²) in [6.07, 6.45) is -3.14. The van der Waals surface area contributed by atoms with Gasteiger partial charge in [-0.3, -0.25) is 0 Å². The third-order valence-electron chi connectivity index (χ3n) is 2.73. The first kappa shape index (κ1) is 18.2. The van der Waals surface area contributed by atoms with Crippen LogP contribution in [0.2, 0.25) is 5.02 Å². The molecule has 0 heterocycles. The normalized spacial score (nSPS) is 13.4. The lowest BCUT2D eigenvalue weighted by atomic mass is 10.1. The van der Waals surface area contributed by atoms with E-state index in [1.165, 1.54) is 12.1 Å². The number of rotatable bonds is 8. The Hall–Kier alpha value is -0.850. The Kier molecular flexibility index (Phi) is 7.42. The maximum Gasteiger partial charge on any atom is 0.411 e. The molecule has 0 amide bonds. The van der Waals surface area contributed by atoms with Gasteiger partial charge in [-0.2, -0.15) is 13.2 Å². The summed E-state index contributed by atoms with van der Waals surface area (Å²) in [7, 11) is 0. The van der Waals surface area contributed by atoms with Crippen molar-refractivity contribution in [2.45, 2.75) is 32.0 Å². The van der Waals surface area contributed by atoms with E-state index in [2.05, 4.69) is 10.1 Å². The number of benzene rings is 1. The van der Waals surface area contributed by atoms with Crippen molar-refractivity contribution in [3.8, 4) is 0 Å². The van der Waals surface area contributed by atoms with E-state index in [0.717, 1.165) is 6.42 Å². The zero-order valence-corrected chi connectivity index (χ0v) is 12.4. The van der Waals surface area contributed by atoms with Crippen LogP contribution >= 0.6 is 11.6 Å². The van der Waals surface area contributed by atoms with Crippen molar-refractivity contribution in [3.63, 3.8) is 0 Å². The number of nitrogens with one attached hydrogen (secondary N) is 1. The number of ether oxygens (including phenoxy) is 1. The molecule has 1 aromatic rings. The van der Waals surface area contributed by atoms with Gasteiger partial charge in [-0.25, -0.2) is 4.39 Å². The summed E-state index contributed by atoms with van der Waals surface area (Å²) in [6, 6.07) is 4.05. The minimum Gasteiger partial charge on any atom is -0.370 e. The molecule has 0 bridgehead atoms. The van der Waals surface area contributed by atoms with Crippen LogP contribution in [0.3, 0.4) is 0 Å². The topological polar surface area (TPSA) is 21.3 Å². The zero-order chi connectivity index (χ0) is 15.9. The lowest BCUT2D eigenvalue weighted by Crippen LogP contribution is -2.37. The Labute approximate surface area is 126 Å².